The normalized spacial score (nSPS) is 17.8. The molecule has 0 aromatic carbocycles. The molecule has 22 heavy (non-hydrogen) atoms. The first-order valence-corrected chi connectivity index (χ1v) is 8.45. The molecule has 1 aromatic rings. The highest BCUT2D eigenvalue weighted by atomic mass is 15.3. The minimum atomic E-state index is 0.0666. The Kier molecular flexibility index (Phi) is 5.10. The quantitative estimate of drug-likeness (QED) is 0.857. The molecule has 1 fully saturated rings. The van der Waals surface area contributed by atoms with E-state index in [1.54, 1.807) is 0 Å². The summed E-state index contributed by atoms with van der Waals surface area (Å²) in [6.07, 6.45) is 5.12. The lowest BCUT2D eigenvalue weighted by Gasteiger charge is -2.36. The summed E-state index contributed by atoms with van der Waals surface area (Å²) in [7, 11) is 0. The average Bonchev–Trinajstić information content (AvgIpc) is 2.44. The van der Waals surface area contributed by atoms with E-state index in [-0.39, 0.29) is 5.41 Å². The smallest absolute Gasteiger partial charge is 0.147 e. The van der Waals surface area contributed by atoms with Crippen LogP contribution in [0.3, 0.4) is 0 Å². The van der Waals surface area contributed by atoms with Gasteiger partial charge in [0.15, 0.2) is 0 Å². The maximum atomic E-state index is 4.62. The maximum Gasteiger partial charge on any atom is 0.147 e. The number of piperazine rings is 1. The van der Waals surface area contributed by atoms with Crippen LogP contribution in [-0.2, 0) is 5.41 Å². The zero-order valence-corrected chi connectivity index (χ0v) is 15.2. The van der Waals surface area contributed by atoms with Gasteiger partial charge in [0, 0.05) is 31.6 Å². The predicted molar refractivity (Wildman–Crippen MR) is 93.5 cm³/mol. The van der Waals surface area contributed by atoms with Crippen molar-refractivity contribution < 1.29 is 0 Å². The molecular formula is C18H32N4. The van der Waals surface area contributed by atoms with E-state index in [9.17, 15) is 0 Å². The van der Waals surface area contributed by atoms with Crippen molar-refractivity contribution in [2.75, 3.05) is 37.6 Å². The van der Waals surface area contributed by atoms with Gasteiger partial charge in [0.05, 0.1) is 18.1 Å². The van der Waals surface area contributed by atoms with Gasteiger partial charge in [0.25, 0.3) is 0 Å². The lowest BCUT2D eigenvalue weighted by molar-refractivity contribution is 0.217. The van der Waals surface area contributed by atoms with Gasteiger partial charge in [-0.3, -0.25) is 9.88 Å². The monoisotopic (exact) mass is 304 g/mol. The molecule has 1 aromatic heterocycles. The molecule has 124 valence electrons. The fourth-order valence-electron chi connectivity index (χ4n) is 2.57. The summed E-state index contributed by atoms with van der Waals surface area (Å²) in [5.41, 5.74) is 1.54. The van der Waals surface area contributed by atoms with Crippen molar-refractivity contribution in [3.8, 4) is 0 Å². The Morgan fingerprint density at radius 1 is 0.909 bits per heavy atom. The van der Waals surface area contributed by atoms with E-state index in [1.807, 2.05) is 12.4 Å². The van der Waals surface area contributed by atoms with Crippen LogP contribution < -0.4 is 4.90 Å². The molecule has 0 atom stereocenters. The second-order valence-electron chi connectivity index (χ2n) is 8.65. The molecule has 0 unspecified atom stereocenters. The lowest BCUT2D eigenvalue weighted by Crippen LogP contribution is -2.47. The van der Waals surface area contributed by atoms with Crippen molar-refractivity contribution >= 4 is 5.82 Å². The first-order valence-electron chi connectivity index (χ1n) is 8.45. The Bertz CT molecular complexity index is 459. The zero-order valence-electron chi connectivity index (χ0n) is 15.2. The van der Waals surface area contributed by atoms with Crippen molar-refractivity contribution in [2.45, 2.75) is 53.4 Å². The molecule has 4 heteroatoms. The summed E-state index contributed by atoms with van der Waals surface area (Å²) in [6, 6.07) is 0. The third kappa shape index (κ3) is 4.94. The highest BCUT2D eigenvalue weighted by Gasteiger charge is 2.21. The standard InChI is InChI=1S/C18H32N4/c1-17(2,3)7-8-21-9-11-22(12-10-21)16-14-19-15(13-20-16)18(4,5)6/h13-14H,7-12H2,1-6H3. The van der Waals surface area contributed by atoms with Crippen molar-refractivity contribution in [2.24, 2.45) is 5.41 Å². The third-order valence-corrected chi connectivity index (χ3v) is 4.28. The summed E-state index contributed by atoms with van der Waals surface area (Å²) in [5, 5.41) is 0. The second kappa shape index (κ2) is 6.53. The van der Waals surface area contributed by atoms with E-state index in [4.69, 9.17) is 0 Å². The van der Waals surface area contributed by atoms with Crippen LogP contribution >= 0.6 is 0 Å². The Balaban J connectivity index is 1.86. The van der Waals surface area contributed by atoms with E-state index >= 15 is 0 Å². The summed E-state index contributed by atoms with van der Waals surface area (Å²) < 4.78 is 0. The van der Waals surface area contributed by atoms with E-state index in [0.717, 1.165) is 37.7 Å². The molecule has 2 heterocycles. The Morgan fingerprint density at radius 2 is 1.55 bits per heavy atom. The molecule has 1 aliphatic heterocycles. The van der Waals surface area contributed by atoms with Crippen molar-refractivity contribution in [3.05, 3.63) is 18.1 Å². The second-order valence-corrected chi connectivity index (χ2v) is 8.65. The van der Waals surface area contributed by atoms with Crippen LogP contribution in [0, 0.1) is 5.41 Å². The number of aromatic nitrogens is 2. The molecule has 0 amide bonds. The number of hydrogen-bond donors (Lipinski definition) is 0. The van der Waals surface area contributed by atoms with Gasteiger partial charge >= 0.3 is 0 Å². The van der Waals surface area contributed by atoms with Crippen molar-refractivity contribution in [1.29, 1.82) is 0 Å². The van der Waals surface area contributed by atoms with Gasteiger partial charge in [-0.05, 0) is 18.4 Å². The molecule has 4 nitrogen and oxygen atoms in total. The maximum absolute atomic E-state index is 4.62. The van der Waals surface area contributed by atoms with Gasteiger partial charge in [0.2, 0.25) is 0 Å². The average molecular weight is 304 g/mol. The van der Waals surface area contributed by atoms with Gasteiger partial charge in [-0.15, -0.1) is 0 Å². The van der Waals surface area contributed by atoms with Crippen LogP contribution in [0.1, 0.15) is 53.7 Å². The van der Waals surface area contributed by atoms with Crippen molar-refractivity contribution in [3.63, 3.8) is 0 Å². The largest absolute Gasteiger partial charge is 0.353 e. The molecule has 0 N–H and O–H groups in total. The van der Waals surface area contributed by atoms with E-state index in [2.05, 4.69) is 61.3 Å². The van der Waals surface area contributed by atoms with Gasteiger partial charge in [-0.1, -0.05) is 41.5 Å². The van der Waals surface area contributed by atoms with E-state index < -0.39 is 0 Å². The molecule has 0 aliphatic carbocycles. The number of rotatable bonds is 3. The van der Waals surface area contributed by atoms with Crippen LogP contribution in [0.4, 0.5) is 5.82 Å². The Labute approximate surface area is 135 Å². The zero-order chi connectivity index (χ0) is 16.4. The van der Waals surface area contributed by atoms with Crippen LogP contribution in [0.25, 0.3) is 0 Å². The molecule has 1 saturated heterocycles. The number of nitrogens with zero attached hydrogens (tertiary/aromatic N) is 4. The highest BCUT2D eigenvalue weighted by Crippen LogP contribution is 2.22. The van der Waals surface area contributed by atoms with E-state index in [0.29, 0.717) is 5.41 Å². The van der Waals surface area contributed by atoms with Gasteiger partial charge < -0.3 is 4.90 Å². The topological polar surface area (TPSA) is 32.3 Å². The van der Waals surface area contributed by atoms with Crippen LogP contribution in [0.5, 0.6) is 0 Å². The molecular weight excluding hydrogens is 272 g/mol. The summed E-state index contributed by atoms with van der Waals surface area (Å²) in [4.78, 5) is 14.1. The van der Waals surface area contributed by atoms with Crippen molar-refractivity contribution in [1.82, 2.24) is 14.9 Å². The molecule has 1 aliphatic rings. The first kappa shape index (κ1) is 17.2. The SMILES string of the molecule is CC(C)(C)CCN1CCN(c2cnc(C(C)(C)C)cn2)CC1. The fourth-order valence-corrected chi connectivity index (χ4v) is 2.57. The molecule has 0 radical (unpaired) electrons. The Hall–Kier alpha value is -1.16. The fraction of sp³-hybridized carbons (Fsp3) is 0.778. The summed E-state index contributed by atoms with van der Waals surface area (Å²) in [5.74, 6) is 1.02. The molecule has 0 spiro atoms. The first-order chi connectivity index (χ1) is 10.1. The van der Waals surface area contributed by atoms with Crippen LogP contribution in [0.2, 0.25) is 0 Å². The minimum absolute atomic E-state index is 0.0666. The Morgan fingerprint density at radius 3 is 2.00 bits per heavy atom. The summed E-state index contributed by atoms with van der Waals surface area (Å²) >= 11 is 0. The van der Waals surface area contributed by atoms with Crippen LogP contribution in [0.15, 0.2) is 12.4 Å². The van der Waals surface area contributed by atoms with Gasteiger partial charge in [-0.25, -0.2) is 4.98 Å². The minimum Gasteiger partial charge on any atom is -0.353 e. The van der Waals surface area contributed by atoms with Crippen LogP contribution in [-0.4, -0.2) is 47.6 Å². The molecule has 0 bridgehead atoms. The number of anilines is 1. The predicted octanol–water partition coefficient (Wildman–Crippen LogP) is 3.33. The lowest BCUT2D eigenvalue weighted by atomic mass is 9.92. The highest BCUT2D eigenvalue weighted by molar-refractivity contribution is 5.37. The molecule has 0 saturated carbocycles. The molecule has 2 rings (SSSR count). The third-order valence-electron chi connectivity index (χ3n) is 4.28. The summed E-state index contributed by atoms with van der Waals surface area (Å²) in [6.45, 7) is 19.0. The van der Waals surface area contributed by atoms with E-state index in [1.165, 1.54) is 13.0 Å². The van der Waals surface area contributed by atoms with Gasteiger partial charge in [-0.2, -0.15) is 0 Å². The van der Waals surface area contributed by atoms with Gasteiger partial charge in [0.1, 0.15) is 5.82 Å². The number of hydrogen-bond acceptors (Lipinski definition) is 4.